The van der Waals surface area contributed by atoms with Crippen LogP contribution in [0.2, 0.25) is 0 Å². The maximum Gasteiger partial charge on any atom is 0.128 e. The Morgan fingerprint density at radius 2 is 1.71 bits per heavy atom. The Morgan fingerprint density at radius 1 is 1.12 bits per heavy atom. The molecule has 1 aliphatic rings. The summed E-state index contributed by atoms with van der Waals surface area (Å²) in [5, 5.41) is 0. The SMILES string of the molecule is CCC.Cc1cccc(N2CCN(C)CC2)n1. The molecule has 0 radical (unpaired) electrons. The van der Waals surface area contributed by atoms with Crippen molar-refractivity contribution in [1.82, 2.24) is 9.88 Å². The highest BCUT2D eigenvalue weighted by Gasteiger charge is 2.14. The van der Waals surface area contributed by atoms with Gasteiger partial charge in [0.05, 0.1) is 0 Å². The number of aryl methyl sites for hydroxylation is 1. The molecule has 0 saturated carbocycles. The van der Waals surface area contributed by atoms with Gasteiger partial charge in [-0.25, -0.2) is 4.98 Å². The Labute approximate surface area is 105 Å². The molecule has 1 aromatic rings. The van der Waals surface area contributed by atoms with Crippen molar-refractivity contribution in [3.8, 4) is 0 Å². The van der Waals surface area contributed by atoms with Crippen molar-refractivity contribution < 1.29 is 0 Å². The summed E-state index contributed by atoms with van der Waals surface area (Å²) < 4.78 is 0. The highest BCUT2D eigenvalue weighted by Crippen LogP contribution is 2.12. The summed E-state index contributed by atoms with van der Waals surface area (Å²) in [4.78, 5) is 9.24. The number of hydrogen-bond donors (Lipinski definition) is 0. The molecule has 0 N–H and O–H groups in total. The molecule has 3 nitrogen and oxygen atoms in total. The smallest absolute Gasteiger partial charge is 0.128 e. The number of likely N-dealkylation sites (N-methyl/N-ethyl adjacent to an activating group) is 1. The van der Waals surface area contributed by atoms with Crippen LogP contribution in [0.25, 0.3) is 0 Å². The predicted molar refractivity (Wildman–Crippen MR) is 74.6 cm³/mol. The van der Waals surface area contributed by atoms with E-state index in [-0.39, 0.29) is 0 Å². The largest absolute Gasteiger partial charge is 0.354 e. The summed E-state index contributed by atoms with van der Waals surface area (Å²) in [5.41, 5.74) is 1.10. The number of piperazine rings is 1. The first-order valence-corrected chi connectivity index (χ1v) is 6.54. The normalized spacial score (nSPS) is 16.4. The number of rotatable bonds is 1. The fraction of sp³-hybridized carbons (Fsp3) is 0.643. The third-order valence-corrected chi connectivity index (χ3v) is 2.70. The topological polar surface area (TPSA) is 19.4 Å². The van der Waals surface area contributed by atoms with Crippen LogP contribution in [0.1, 0.15) is 26.0 Å². The first-order valence-electron chi connectivity index (χ1n) is 6.54. The summed E-state index contributed by atoms with van der Waals surface area (Å²) in [7, 11) is 2.17. The van der Waals surface area contributed by atoms with Gasteiger partial charge in [-0.1, -0.05) is 26.3 Å². The zero-order valence-corrected chi connectivity index (χ0v) is 11.6. The molecule has 1 fully saturated rings. The van der Waals surface area contributed by atoms with E-state index in [2.05, 4.69) is 47.8 Å². The van der Waals surface area contributed by atoms with E-state index in [1.54, 1.807) is 0 Å². The first-order chi connectivity index (χ1) is 8.17. The van der Waals surface area contributed by atoms with E-state index < -0.39 is 0 Å². The van der Waals surface area contributed by atoms with Crippen LogP contribution in [-0.4, -0.2) is 43.1 Å². The molecule has 1 aliphatic heterocycles. The Bertz CT molecular complexity index is 317. The molecule has 1 aromatic heterocycles. The van der Waals surface area contributed by atoms with E-state index in [0.29, 0.717) is 0 Å². The summed E-state index contributed by atoms with van der Waals surface area (Å²) in [6.45, 7) is 10.7. The van der Waals surface area contributed by atoms with Gasteiger partial charge in [-0.3, -0.25) is 0 Å². The minimum atomic E-state index is 1.09. The van der Waals surface area contributed by atoms with Gasteiger partial charge in [-0.2, -0.15) is 0 Å². The van der Waals surface area contributed by atoms with Crippen LogP contribution in [-0.2, 0) is 0 Å². The van der Waals surface area contributed by atoms with Crippen LogP contribution < -0.4 is 4.90 Å². The quantitative estimate of drug-likeness (QED) is 0.746. The van der Waals surface area contributed by atoms with Crippen LogP contribution in [0.5, 0.6) is 0 Å². The molecule has 0 atom stereocenters. The lowest BCUT2D eigenvalue weighted by atomic mass is 10.3. The summed E-state index contributed by atoms with van der Waals surface area (Å²) in [6.07, 6.45) is 1.25. The van der Waals surface area contributed by atoms with Crippen molar-refractivity contribution in [1.29, 1.82) is 0 Å². The van der Waals surface area contributed by atoms with E-state index in [0.717, 1.165) is 37.7 Å². The molecule has 0 aromatic carbocycles. The molecule has 2 heterocycles. The van der Waals surface area contributed by atoms with E-state index in [4.69, 9.17) is 0 Å². The van der Waals surface area contributed by atoms with E-state index >= 15 is 0 Å². The minimum Gasteiger partial charge on any atom is -0.354 e. The van der Waals surface area contributed by atoms with Crippen LogP contribution in [0.3, 0.4) is 0 Å². The lowest BCUT2D eigenvalue weighted by molar-refractivity contribution is 0.312. The third kappa shape index (κ3) is 4.73. The molecule has 3 heteroatoms. The standard InChI is InChI=1S/C11H17N3.C3H8/c1-10-4-3-5-11(12-10)14-8-6-13(2)7-9-14;1-3-2/h3-5H,6-9H2,1-2H3;3H2,1-2H3. The van der Waals surface area contributed by atoms with E-state index in [1.807, 2.05) is 13.0 Å². The van der Waals surface area contributed by atoms with E-state index in [1.165, 1.54) is 6.42 Å². The van der Waals surface area contributed by atoms with Gasteiger partial charge in [0.25, 0.3) is 0 Å². The van der Waals surface area contributed by atoms with Gasteiger partial charge >= 0.3 is 0 Å². The maximum atomic E-state index is 4.53. The lowest BCUT2D eigenvalue weighted by Crippen LogP contribution is -2.44. The number of hydrogen-bond acceptors (Lipinski definition) is 3. The third-order valence-electron chi connectivity index (χ3n) is 2.70. The van der Waals surface area contributed by atoms with E-state index in [9.17, 15) is 0 Å². The Kier molecular flexibility index (Phi) is 5.98. The number of pyridine rings is 1. The lowest BCUT2D eigenvalue weighted by Gasteiger charge is -2.33. The second-order valence-electron chi connectivity index (χ2n) is 4.63. The highest BCUT2D eigenvalue weighted by molar-refractivity contribution is 5.39. The summed E-state index contributed by atoms with van der Waals surface area (Å²) in [6, 6.07) is 6.22. The zero-order chi connectivity index (χ0) is 12.7. The Hall–Kier alpha value is -1.09. The van der Waals surface area contributed by atoms with Crippen molar-refractivity contribution in [2.24, 2.45) is 0 Å². The van der Waals surface area contributed by atoms with Gasteiger partial charge in [0, 0.05) is 31.9 Å². The molecular weight excluding hydrogens is 210 g/mol. The monoisotopic (exact) mass is 235 g/mol. The molecule has 0 spiro atoms. The summed E-state index contributed by atoms with van der Waals surface area (Å²) in [5.74, 6) is 1.12. The number of nitrogens with zero attached hydrogens (tertiary/aromatic N) is 3. The van der Waals surface area contributed by atoms with Crippen LogP contribution >= 0.6 is 0 Å². The summed E-state index contributed by atoms with van der Waals surface area (Å²) >= 11 is 0. The molecule has 1 saturated heterocycles. The Balaban J connectivity index is 0.000000437. The minimum absolute atomic E-state index is 1.09. The van der Waals surface area contributed by atoms with Gasteiger partial charge in [0.2, 0.25) is 0 Å². The molecule has 0 unspecified atom stereocenters. The fourth-order valence-corrected chi connectivity index (χ4v) is 1.74. The van der Waals surface area contributed by atoms with Crippen molar-refractivity contribution >= 4 is 5.82 Å². The average Bonchev–Trinajstić information content (AvgIpc) is 2.31. The second kappa shape index (κ2) is 7.28. The van der Waals surface area contributed by atoms with Gasteiger partial charge < -0.3 is 9.80 Å². The maximum absolute atomic E-state index is 4.53. The van der Waals surface area contributed by atoms with Gasteiger partial charge in [-0.15, -0.1) is 0 Å². The van der Waals surface area contributed by atoms with Crippen molar-refractivity contribution in [2.75, 3.05) is 38.1 Å². The second-order valence-corrected chi connectivity index (χ2v) is 4.63. The van der Waals surface area contributed by atoms with Crippen LogP contribution in [0.15, 0.2) is 18.2 Å². The molecular formula is C14H25N3. The van der Waals surface area contributed by atoms with Crippen molar-refractivity contribution in [2.45, 2.75) is 27.2 Å². The highest BCUT2D eigenvalue weighted by atomic mass is 15.3. The van der Waals surface area contributed by atoms with Gasteiger partial charge in [0.15, 0.2) is 0 Å². The zero-order valence-electron chi connectivity index (χ0n) is 11.6. The van der Waals surface area contributed by atoms with Crippen LogP contribution in [0, 0.1) is 6.92 Å². The molecule has 96 valence electrons. The Morgan fingerprint density at radius 3 is 2.24 bits per heavy atom. The molecule has 0 bridgehead atoms. The molecule has 0 aliphatic carbocycles. The van der Waals surface area contributed by atoms with Crippen molar-refractivity contribution in [3.05, 3.63) is 23.9 Å². The van der Waals surface area contributed by atoms with Crippen molar-refractivity contribution in [3.63, 3.8) is 0 Å². The predicted octanol–water partition coefficient (Wildman–Crippen LogP) is 2.56. The van der Waals surface area contributed by atoms with Gasteiger partial charge in [-0.05, 0) is 26.1 Å². The molecule has 2 rings (SSSR count). The molecule has 17 heavy (non-hydrogen) atoms. The van der Waals surface area contributed by atoms with Gasteiger partial charge in [0.1, 0.15) is 5.82 Å². The number of anilines is 1. The fourth-order valence-electron chi connectivity index (χ4n) is 1.74. The molecule has 0 amide bonds. The average molecular weight is 235 g/mol. The first kappa shape index (κ1) is 14.0. The number of aromatic nitrogens is 1. The van der Waals surface area contributed by atoms with Crippen LogP contribution in [0.4, 0.5) is 5.82 Å².